The zero-order chi connectivity index (χ0) is 25.1. The maximum absolute atomic E-state index is 13.5. The van der Waals surface area contributed by atoms with E-state index in [0.717, 1.165) is 24.9 Å². The van der Waals surface area contributed by atoms with Crippen molar-refractivity contribution in [2.45, 2.75) is 19.4 Å². The maximum atomic E-state index is 13.5. The van der Waals surface area contributed by atoms with Gasteiger partial charge >= 0.3 is 0 Å². The molecule has 0 aliphatic carbocycles. The summed E-state index contributed by atoms with van der Waals surface area (Å²) in [6.45, 7) is 2.05. The van der Waals surface area contributed by atoms with E-state index in [1.54, 1.807) is 36.4 Å². The molecule has 3 aromatic carbocycles. The third-order valence-corrected chi connectivity index (χ3v) is 6.59. The number of benzene rings is 3. The fraction of sp³-hybridized carbons (Fsp3) is 0.214. The number of nitrogens with zero attached hydrogens (tertiary/aromatic N) is 3. The molecule has 0 radical (unpaired) electrons. The summed E-state index contributed by atoms with van der Waals surface area (Å²) in [4.78, 5) is 40.6. The van der Waals surface area contributed by atoms with Crippen molar-refractivity contribution in [1.82, 2.24) is 14.7 Å². The first-order chi connectivity index (χ1) is 17.5. The number of carbonyl (C=O) groups is 2. The maximum Gasteiger partial charge on any atom is 0.279 e. The van der Waals surface area contributed by atoms with E-state index in [1.165, 1.54) is 4.68 Å². The Hall–Kier alpha value is -4.30. The Morgan fingerprint density at radius 1 is 0.944 bits per heavy atom. The number of primary amides is 1. The molecule has 1 aliphatic rings. The molecule has 0 saturated carbocycles. The van der Waals surface area contributed by atoms with Gasteiger partial charge in [0.2, 0.25) is 5.91 Å². The van der Waals surface area contributed by atoms with Gasteiger partial charge in [0.1, 0.15) is 0 Å². The van der Waals surface area contributed by atoms with Gasteiger partial charge in [0.05, 0.1) is 17.0 Å². The molecule has 182 valence electrons. The fourth-order valence-corrected chi connectivity index (χ4v) is 4.74. The second kappa shape index (κ2) is 10.1. The lowest BCUT2D eigenvalue weighted by molar-refractivity contribution is -0.123. The van der Waals surface area contributed by atoms with Crippen LogP contribution in [0.25, 0.3) is 16.5 Å². The zero-order valence-electron chi connectivity index (χ0n) is 19.8. The topological polar surface area (TPSA) is 110 Å². The van der Waals surface area contributed by atoms with E-state index in [4.69, 9.17) is 5.73 Å². The van der Waals surface area contributed by atoms with Gasteiger partial charge in [-0.3, -0.25) is 19.3 Å². The number of hydrogen-bond donors (Lipinski definition) is 2. The number of hydrogen-bond acceptors (Lipinski definition) is 5. The molecule has 5 rings (SSSR count). The molecule has 8 heteroatoms. The second-order valence-corrected chi connectivity index (χ2v) is 9.03. The molecule has 1 fully saturated rings. The molecule has 1 saturated heterocycles. The third kappa shape index (κ3) is 4.76. The van der Waals surface area contributed by atoms with Gasteiger partial charge in [0.25, 0.3) is 11.5 Å². The number of likely N-dealkylation sites (tertiary alicyclic amines) is 1. The smallest absolute Gasteiger partial charge is 0.279 e. The van der Waals surface area contributed by atoms with Crippen molar-refractivity contribution in [1.29, 1.82) is 0 Å². The van der Waals surface area contributed by atoms with E-state index in [2.05, 4.69) is 15.3 Å². The number of piperidine rings is 1. The summed E-state index contributed by atoms with van der Waals surface area (Å²) in [7, 11) is 0. The number of nitrogens with one attached hydrogen (secondary N) is 1. The number of anilines is 1. The number of rotatable bonds is 6. The second-order valence-electron chi connectivity index (χ2n) is 9.03. The van der Waals surface area contributed by atoms with Gasteiger partial charge in [0.15, 0.2) is 5.69 Å². The number of amides is 2. The highest BCUT2D eigenvalue weighted by atomic mass is 16.2. The Kier molecular flexibility index (Phi) is 6.60. The average Bonchev–Trinajstić information content (AvgIpc) is 2.91. The first kappa shape index (κ1) is 23.4. The van der Waals surface area contributed by atoms with Crippen LogP contribution in [0.4, 0.5) is 5.69 Å². The number of fused-ring (bicyclic) bond motifs is 1. The molecule has 1 aromatic heterocycles. The summed E-state index contributed by atoms with van der Waals surface area (Å²) < 4.78 is 1.26. The van der Waals surface area contributed by atoms with Crippen molar-refractivity contribution in [2.24, 2.45) is 11.7 Å². The molecule has 2 heterocycles. The Labute approximate surface area is 208 Å². The van der Waals surface area contributed by atoms with E-state index in [1.807, 2.05) is 42.5 Å². The number of aromatic nitrogens is 2. The monoisotopic (exact) mass is 481 g/mol. The van der Waals surface area contributed by atoms with E-state index in [9.17, 15) is 14.4 Å². The number of nitrogens with two attached hydrogens (primary N) is 1. The SMILES string of the molecule is NC(=O)C1CCCN(Cc2ccccc2NC(=O)c2nn(-c3ccccc3)c(=O)c3ccccc23)C1. The predicted molar refractivity (Wildman–Crippen MR) is 139 cm³/mol. The highest BCUT2D eigenvalue weighted by Gasteiger charge is 2.25. The Morgan fingerprint density at radius 3 is 2.42 bits per heavy atom. The fourth-order valence-electron chi connectivity index (χ4n) is 4.74. The molecule has 0 spiro atoms. The molecule has 0 bridgehead atoms. The molecule has 1 atom stereocenters. The summed E-state index contributed by atoms with van der Waals surface area (Å²) in [5, 5.41) is 8.39. The quantitative estimate of drug-likeness (QED) is 0.439. The van der Waals surface area contributed by atoms with Crippen molar-refractivity contribution in [3.8, 4) is 5.69 Å². The molecule has 1 aliphatic heterocycles. The van der Waals surface area contributed by atoms with Crippen LogP contribution in [0.1, 0.15) is 28.9 Å². The molecule has 4 aromatic rings. The zero-order valence-corrected chi connectivity index (χ0v) is 19.8. The van der Waals surface area contributed by atoms with Crippen LogP contribution in [0.2, 0.25) is 0 Å². The van der Waals surface area contributed by atoms with Gasteiger partial charge < -0.3 is 11.1 Å². The van der Waals surface area contributed by atoms with E-state index in [-0.39, 0.29) is 23.1 Å². The van der Waals surface area contributed by atoms with Crippen LogP contribution in [-0.4, -0.2) is 39.6 Å². The minimum atomic E-state index is -0.406. The lowest BCUT2D eigenvalue weighted by Gasteiger charge is -2.31. The number of carbonyl (C=O) groups excluding carboxylic acids is 2. The Bertz CT molecular complexity index is 1480. The normalized spacial score (nSPS) is 16.1. The van der Waals surface area contributed by atoms with Crippen LogP contribution >= 0.6 is 0 Å². The van der Waals surface area contributed by atoms with Crippen LogP contribution in [0.3, 0.4) is 0 Å². The van der Waals surface area contributed by atoms with Crippen molar-refractivity contribution in [3.05, 3.63) is 100 Å². The summed E-state index contributed by atoms with van der Waals surface area (Å²) in [5.41, 5.74) is 7.58. The molecule has 3 N–H and O–H groups in total. The third-order valence-electron chi connectivity index (χ3n) is 6.59. The standard InChI is InChI=1S/C28H27N5O3/c29-26(34)20-10-8-16-32(18-20)17-19-9-4-7-15-24(19)30-27(35)25-22-13-5-6-14-23(22)28(36)33(31-25)21-11-2-1-3-12-21/h1-7,9,11-15,20H,8,10,16-18H2,(H2,29,34)(H,30,35). The molecular formula is C28H27N5O3. The molecule has 1 unspecified atom stereocenters. The van der Waals surface area contributed by atoms with Gasteiger partial charge in [-0.1, -0.05) is 54.6 Å². The first-order valence-electron chi connectivity index (χ1n) is 12.0. The van der Waals surface area contributed by atoms with Crippen molar-refractivity contribution >= 4 is 28.3 Å². The summed E-state index contributed by atoms with van der Waals surface area (Å²) in [6.07, 6.45) is 1.71. The average molecular weight is 482 g/mol. The van der Waals surface area contributed by atoms with E-state index < -0.39 is 5.91 Å². The van der Waals surface area contributed by atoms with Crippen LogP contribution in [-0.2, 0) is 11.3 Å². The Balaban J connectivity index is 1.47. The van der Waals surface area contributed by atoms with Crippen LogP contribution in [0, 0.1) is 5.92 Å². The lowest BCUT2D eigenvalue weighted by Crippen LogP contribution is -2.40. The lowest BCUT2D eigenvalue weighted by atomic mass is 9.97. The van der Waals surface area contributed by atoms with Crippen LogP contribution < -0.4 is 16.6 Å². The molecule has 2 amide bonds. The molecule has 36 heavy (non-hydrogen) atoms. The van der Waals surface area contributed by atoms with Gasteiger partial charge in [-0.2, -0.15) is 9.78 Å². The molecule has 8 nitrogen and oxygen atoms in total. The van der Waals surface area contributed by atoms with Gasteiger partial charge in [0, 0.05) is 24.2 Å². The highest BCUT2D eigenvalue weighted by Crippen LogP contribution is 2.23. The summed E-state index contributed by atoms with van der Waals surface area (Å²) in [5.74, 6) is -0.833. The Morgan fingerprint density at radius 2 is 1.64 bits per heavy atom. The minimum Gasteiger partial charge on any atom is -0.369 e. The summed E-state index contributed by atoms with van der Waals surface area (Å²) in [6, 6.07) is 23.6. The number of para-hydroxylation sites is 2. The van der Waals surface area contributed by atoms with Crippen molar-refractivity contribution < 1.29 is 9.59 Å². The van der Waals surface area contributed by atoms with E-state index in [0.29, 0.717) is 35.2 Å². The van der Waals surface area contributed by atoms with Crippen LogP contribution in [0.15, 0.2) is 83.7 Å². The van der Waals surface area contributed by atoms with E-state index >= 15 is 0 Å². The predicted octanol–water partition coefficient (Wildman–Crippen LogP) is 3.34. The largest absolute Gasteiger partial charge is 0.369 e. The van der Waals surface area contributed by atoms with Crippen molar-refractivity contribution in [3.63, 3.8) is 0 Å². The van der Waals surface area contributed by atoms with Crippen LogP contribution in [0.5, 0.6) is 0 Å². The molecular weight excluding hydrogens is 454 g/mol. The highest BCUT2D eigenvalue weighted by molar-refractivity contribution is 6.11. The van der Waals surface area contributed by atoms with Crippen molar-refractivity contribution in [2.75, 3.05) is 18.4 Å². The summed E-state index contributed by atoms with van der Waals surface area (Å²) >= 11 is 0. The van der Waals surface area contributed by atoms with Gasteiger partial charge in [-0.05, 0) is 49.2 Å². The first-order valence-corrected chi connectivity index (χ1v) is 12.0. The van der Waals surface area contributed by atoms with Gasteiger partial charge in [-0.25, -0.2) is 0 Å². The van der Waals surface area contributed by atoms with Gasteiger partial charge in [-0.15, -0.1) is 0 Å². The minimum absolute atomic E-state index is 0.157.